The molecule has 3 rings (SSSR count). The molecule has 0 fully saturated rings. The van der Waals surface area contributed by atoms with Crippen LogP contribution in [0.4, 0.5) is 5.82 Å². The lowest BCUT2D eigenvalue weighted by molar-refractivity contribution is 0.0696. The zero-order valence-corrected chi connectivity index (χ0v) is 10.2. The van der Waals surface area contributed by atoms with E-state index >= 15 is 0 Å². The maximum absolute atomic E-state index is 12.2. The highest BCUT2D eigenvalue weighted by Crippen LogP contribution is 2.25. The van der Waals surface area contributed by atoms with Gasteiger partial charge in [0.25, 0.3) is 5.91 Å². The van der Waals surface area contributed by atoms with Crippen molar-refractivity contribution in [1.82, 2.24) is 15.2 Å². The van der Waals surface area contributed by atoms with Gasteiger partial charge < -0.3 is 15.7 Å². The molecule has 0 radical (unpaired) electrons. The number of hydrogen-bond donors (Lipinski definition) is 2. The normalized spacial score (nSPS) is 13.3. The number of benzene rings is 1. The van der Waals surface area contributed by atoms with Crippen LogP contribution in [0.2, 0.25) is 0 Å². The number of carbonyl (C=O) groups is 2. The third kappa shape index (κ3) is 1.87. The van der Waals surface area contributed by atoms with E-state index in [0.717, 1.165) is 11.1 Å². The molecule has 8 heteroatoms. The lowest BCUT2D eigenvalue weighted by Crippen LogP contribution is -2.26. The third-order valence-electron chi connectivity index (χ3n) is 3.18. The largest absolute Gasteiger partial charge is 0.478 e. The highest BCUT2D eigenvalue weighted by Gasteiger charge is 2.28. The summed E-state index contributed by atoms with van der Waals surface area (Å²) >= 11 is 0. The summed E-state index contributed by atoms with van der Waals surface area (Å²) < 4.78 is 4.40. The SMILES string of the molecule is Nc1nonc1C(=O)N1Cc2ccc(C(=O)O)cc2C1. The van der Waals surface area contributed by atoms with E-state index in [1.54, 1.807) is 12.1 Å². The molecule has 0 bridgehead atoms. The zero-order valence-electron chi connectivity index (χ0n) is 10.2. The smallest absolute Gasteiger partial charge is 0.335 e. The molecule has 2 aromatic rings. The van der Waals surface area contributed by atoms with Crippen molar-refractivity contribution in [2.45, 2.75) is 13.1 Å². The summed E-state index contributed by atoms with van der Waals surface area (Å²) in [5.41, 5.74) is 7.35. The molecule has 1 aromatic carbocycles. The molecule has 2 heterocycles. The van der Waals surface area contributed by atoms with E-state index in [1.165, 1.54) is 11.0 Å². The van der Waals surface area contributed by atoms with Crippen molar-refractivity contribution in [3.63, 3.8) is 0 Å². The van der Waals surface area contributed by atoms with Gasteiger partial charge in [-0.15, -0.1) is 0 Å². The Kier molecular flexibility index (Phi) is 2.63. The minimum absolute atomic E-state index is 0.0312. The number of hydrogen-bond acceptors (Lipinski definition) is 6. The highest BCUT2D eigenvalue weighted by atomic mass is 16.6. The zero-order chi connectivity index (χ0) is 14.3. The van der Waals surface area contributed by atoms with Crippen LogP contribution in [0.15, 0.2) is 22.8 Å². The van der Waals surface area contributed by atoms with Crippen LogP contribution in [0.25, 0.3) is 0 Å². The minimum Gasteiger partial charge on any atom is -0.478 e. The van der Waals surface area contributed by atoms with Crippen molar-refractivity contribution in [3.8, 4) is 0 Å². The number of anilines is 1. The fourth-order valence-electron chi connectivity index (χ4n) is 2.16. The number of aromatic carboxylic acids is 1. The molecule has 102 valence electrons. The van der Waals surface area contributed by atoms with Crippen LogP contribution in [0.1, 0.15) is 32.0 Å². The van der Waals surface area contributed by atoms with Gasteiger partial charge in [0.2, 0.25) is 11.5 Å². The summed E-state index contributed by atoms with van der Waals surface area (Å²) in [5.74, 6) is -1.45. The maximum Gasteiger partial charge on any atom is 0.335 e. The van der Waals surface area contributed by atoms with Crippen molar-refractivity contribution in [1.29, 1.82) is 0 Å². The van der Waals surface area contributed by atoms with Crippen molar-refractivity contribution < 1.29 is 19.3 Å². The van der Waals surface area contributed by atoms with E-state index in [2.05, 4.69) is 14.9 Å². The quantitative estimate of drug-likeness (QED) is 0.817. The van der Waals surface area contributed by atoms with E-state index in [4.69, 9.17) is 10.8 Å². The Hall–Kier alpha value is -2.90. The first-order valence-electron chi connectivity index (χ1n) is 5.78. The molecule has 0 atom stereocenters. The van der Waals surface area contributed by atoms with E-state index in [0.29, 0.717) is 13.1 Å². The van der Waals surface area contributed by atoms with Crippen LogP contribution in [-0.2, 0) is 13.1 Å². The van der Waals surface area contributed by atoms with Gasteiger partial charge in [0.05, 0.1) is 5.56 Å². The Morgan fingerprint density at radius 3 is 2.65 bits per heavy atom. The summed E-state index contributed by atoms with van der Waals surface area (Å²) in [5, 5.41) is 15.8. The fourth-order valence-corrected chi connectivity index (χ4v) is 2.16. The third-order valence-corrected chi connectivity index (χ3v) is 3.18. The van der Waals surface area contributed by atoms with Gasteiger partial charge in [-0.1, -0.05) is 6.07 Å². The first-order chi connectivity index (χ1) is 9.56. The molecule has 0 unspecified atom stereocenters. The predicted octanol–water partition coefficient (Wildman–Crippen LogP) is 0.506. The number of amides is 1. The first kappa shape index (κ1) is 12.2. The van der Waals surface area contributed by atoms with E-state index < -0.39 is 11.9 Å². The maximum atomic E-state index is 12.2. The molecule has 1 aromatic heterocycles. The number of nitrogens with two attached hydrogens (primary N) is 1. The number of carboxylic acid groups (broad SMARTS) is 1. The number of nitrogens with zero attached hydrogens (tertiary/aromatic N) is 3. The molecule has 1 aliphatic rings. The molecule has 0 saturated carbocycles. The summed E-state index contributed by atoms with van der Waals surface area (Å²) in [6.07, 6.45) is 0. The van der Waals surface area contributed by atoms with Gasteiger partial charge in [-0.25, -0.2) is 9.42 Å². The Morgan fingerprint density at radius 2 is 2.00 bits per heavy atom. The highest BCUT2D eigenvalue weighted by molar-refractivity contribution is 5.96. The molecule has 0 spiro atoms. The number of rotatable bonds is 2. The molecule has 8 nitrogen and oxygen atoms in total. The Bertz CT molecular complexity index is 709. The molecule has 20 heavy (non-hydrogen) atoms. The van der Waals surface area contributed by atoms with Crippen molar-refractivity contribution >= 4 is 17.7 Å². The van der Waals surface area contributed by atoms with Crippen LogP contribution in [0.5, 0.6) is 0 Å². The van der Waals surface area contributed by atoms with Gasteiger partial charge in [-0.3, -0.25) is 4.79 Å². The van der Waals surface area contributed by atoms with Crippen molar-refractivity contribution in [2.75, 3.05) is 5.73 Å². The van der Waals surface area contributed by atoms with Gasteiger partial charge >= 0.3 is 5.97 Å². The van der Waals surface area contributed by atoms with Gasteiger partial charge in [-0.2, -0.15) is 0 Å². The van der Waals surface area contributed by atoms with Crippen LogP contribution in [0, 0.1) is 0 Å². The lowest BCUT2D eigenvalue weighted by atomic mass is 10.1. The Labute approximate surface area is 112 Å². The van der Waals surface area contributed by atoms with Gasteiger partial charge in [0, 0.05) is 13.1 Å². The first-order valence-corrected chi connectivity index (χ1v) is 5.78. The molecule has 0 saturated heterocycles. The monoisotopic (exact) mass is 274 g/mol. The minimum atomic E-state index is -0.998. The summed E-state index contributed by atoms with van der Waals surface area (Å²) in [4.78, 5) is 24.6. The van der Waals surface area contributed by atoms with Gasteiger partial charge in [0.15, 0.2) is 0 Å². The van der Waals surface area contributed by atoms with Crippen molar-refractivity contribution in [3.05, 3.63) is 40.6 Å². The Morgan fingerprint density at radius 1 is 1.25 bits per heavy atom. The molecule has 0 aliphatic carbocycles. The number of carbonyl (C=O) groups excluding carboxylic acids is 1. The molecule has 3 N–H and O–H groups in total. The lowest BCUT2D eigenvalue weighted by Gasteiger charge is -2.12. The molecule has 1 aliphatic heterocycles. The van der Waals surface area contributed by atoms with Crippen LogP contribution < -0.4 is 5.73 Å². The average Bonchev–Trinajstić information content (AvgIpc) is 3.02. The van der Waals surface area contributed by atoms with E-state index in [1.807, 2.05) is 0 Å². The standard InChI is InChI=1S/C12H10N4O4/c13-10-9(14-20-15-10)11(17)16-4-7-2-1-6(12(18)19)3-8(7)5-16/h1-3H,4-5H2,(H2,13,15)(H,18,19). The average molecular weight is 274 g/mol. The topological polar surface area (TPSA) is 123 Å². The Balaban J connectivity index is 1.85. The fraction of sp³-hybridized carbons (Fsp3) is 0.167. The second-order valence-corrected chi connectivity index (χ2v) is 4.45. The number of fused-ring (bicyclic) bond motifs is 1. The van der Waals surface area contributed by atoms with Gasteiger partial charge in [-0.05, 0) is 33.6 Å². The van der Waals surface area contributed by atoms with Gasteiger partial charge in [0.1, 0.15) is 0 Å². The summed E-state index contributed by atoms with van der Waals surface area (Å²) in [6.45, 7) is 0.682. The second kappa shape index (κ2) is 4.34. The second-order valence-electron chi connectivity index (χ2n) is 4.45. The van der Waals surface area contributed by atoms with E-state index in [9.17, 15) is 9.59 Å². The van der Waals surface area contributed by atoms with Crippen LogP contribution >= 0.6 is 0 Å². The molecular formula is C12H10N4O4. The molecule has 1 amide bonds. The van der Waals surface area contributed by atoms with Crippen molar-refractivity contribution in [2.24, 2.45) is 0 Å². The van der Waals surface area contributed by atoms with E-state index in [-0.39, 0.29) is 17.1 Å². The number of nitrogen functional groups attached to an aromatic ring is 1. The summed E-state index contributed by atoms with van der Waals surface area (Å²) in [7, 11) is 0. The van der Waals surface area contributed by atoms with Crippen LogP contribution in [-0.4, -0.2) is 32.2 Å². The van der Waals surface area contributed by atoms with Crippen LogP contribution in [0.3, 0.4) is 0 Å². The summed E-state index contributed by atoms with van der Waals surface area (Å²) in [6, 6.07) is 4.78. The molecular weight excluding hydrogens is 264 g/mol. The number of carboxylic acids is 1. The number of aromatic nitrogens is 2. The predicted molar refractivity (Wildman–Crippen MR) is 65.7 cm³/mol.